The van der Waals surface area contributed by atoms with E-state index in [1.807, 2.05) is 11.8 Å². The number of hydrogen-bond acceptors (Lipinski definition) is 6. The van der Waals surface area contributed by atoms with Crippen LogP contribution in [0.15, 0.2) is 4.90 Å². The van der Waals surface area contributed by atoms with Gasteiger partial charge in [-0.15, -0.1) is 11.8 Å². The summed E-state index contributed by atoms with van der Waals surface area (Å²) in [6, 6.07) is 0. The van der Waals surface area contributed by atoms with Gasteiger partial charge in [0.05, 0.1) is 10.6 Å². The molecular weight excluding hydrogens is 246 g/mol. The number of rotatable bonds is 1. The zero-order chi connectivity index (χ0) is 12.5. The van der Waals surface area contributed by atoms with Crippen molar-refractivity contribution in [2.24, 2.45) is 0 Å². The lowest BCUT2D eigenvalue weighted by molar-refractivity contribution is 0.311. The maximum absolute atomic E-state index is 5.85. The van der Waals surface area contributed by atoms with E-state index in [-0.39, 0.29) is 0 Å². The molecule has 1 aromatic rings. The fraction of sp³-hybridized carbons (Fsp3) is 0.667. The lowest BCUT2D eigenvalue weighted by Crippen LogP contribution is -2.45. The Morgan fingerprint density at radius 3 is 2.72 bits per heavy atom. The Morgan fingerprint density at radius 2 is 1.94 bits per heavy atom. The lowest BCUT2D eigenvalue weighted by atomic mass is 10.2. The molecule has 2 N–H and O–H groups in total. The van der Waals surface area contributed by atoms with Gasteiger partial charge in [0, 0.05) is 26.2 Å². The third-order valence-electron chi connectivity index (χ3n) is 3.54. The number of aromatic nitrogens is 2. The van der Waals surface area contributed by atoms with E-state index in [0.29, 0.717) is 5.95 Å². The molecule has 0 radical (unpaired) electrons. The number of nitrogens with zero attached hydrogens (tertiary/aromatic N) is 4. The Hall–Kier alpha value is -1.01. The largest absolute Gasteiger partial charge is 0.368 e. The highest BCUT2D eigenvalue weighted by Crippen LogP contribution is 2.36. The van der Waals surface area contributed by atoms with E-state index in [9.17, 15) is 0 Å². The topological polar surface area (TPSA) is 58.3 Å². The Morgan fingerprint density at radius 1 is 1.17 bits per heavy atom. The van der Waals surface area contributed by atoms with E-state index < -0.39 is 0 Å². The van der Waals surface area contributed by atoms with E-state index in [1.54, 1.807) is 0 Å². The first-order chi connectivity index (χ1) is 8.74. The number of nitrogens with two attached hydrogens (primary N) is 1. The van der Waals surface area contributed by atoms with Crippen LogP contribution in [0.2, 0.25) is 0 Å². The van der Waals surface area contributed by atoms with Gasteiger partial charge in [0.15, 0.2) is 0 Å². The van der Waals surface area contributed by atoms with Gasteiger partial charge in [-0.3, -0.25) is 0 Å². The van der Waals surface area contributed by atoms with Crippen molar-refractivity contribution >= 4 is 23.5 Å². The van der Waals surface area contributed by atoms with E-state index in [2.05, 4.69) is 26.8 Å². The van der Waals surface area contributed by atoms with Crippen LogP contribution in [0.25, 0.3) is 0 Å². The molecule has 2 aliphatic rings. The van der Waals surface area contributed by atoms with Crippen molar-refractivity contribution in [3.63, 3.8) is 0 Å². The first-order valence-electron chi connectivity index (χ1n) is 6.47. The van der Waals surface area contributed by atoms with Crippen molar-refractivity contribution in [1.82, 2.24) is 14.9 Å². The molecule has 1 aromatic heterocycles. The first kappa shape index (κ1) is 12.0. The second-order valence-electron chi connectivity index (χ2n) is 4.92. The van der Waals surface area contributed by atoms with Gasteiger partial charge >= 0.3 is 0 Å². The van der Waals surface area contributed by atoms with Crippen molar-refractivity contribution in [3.8, 4) is 0 Å². The number of thioether (sulfide) groups is 1. The zero-order valence-corrected chi connectivity index (χ0v) is 11.5. The Kier molecular flexibility index (Phi) is 3.30. The monoisotopic (exact) mass is 265 g/mol. The number of piperazine rings is 1. The second kappa shape index (κ2) is 4.93. The van der Waals surface area contributed by atoms with Crippen molar-refractivity contribution in [2.75, 3.05) is 49.6 Å². The fourth-order valence-electron chi connectivity index (χ4n) is 2.47. The third-order valence-corrected chi connectivity index (χ3v) is 4.74. The molecule has 5 nitrogen and oxygen atoms in total. The molecule has 0 bridgehead atoms. The molecule has 1 fully saturated rings. The maximum atomic E-state index is 5.85. The third kappa shape index (κ3) is 2.27. The highest BCUT2D eigenvalue weighted by Gasteiger charge is 2.23. The van der Waals surface area contributed by atoms with E-state index in [1.165, 1.54) is 17.1 Å². The molecule has 0 saturated carbocycles. The molecule has 18 heavy (non-hydrogen) atoms. The van der Waals surface area contributed by atoms with Crippen LogP contribution in [0.4, 0.5) is 11.8 Å². The van der Waals surface area contributed by atoms with Crippen molar-refractivity contribution in [2.45, 2.75) is 17.7 Å². The molecule has 0 spiro atoms. The van der Waals surface area contributed by atoms with Gasteiger partial charge in [0.25, 0.3) is 0 Å². The van der Waals surface area contributed by atoms with E-state index >= 15 is 0 Å². The highest BCUT2D eigenvalue weighted by atomic mass is 32.2. The summed E-state index contributed by atoms with van der Waals surface area (Å²) < 4.78 is 0. The average Bonchev–Trinajstić information content (AvgIpc) is 2.38. The summed E-state index contributed by atoms with van der Waals surface area (Å²) in [4.78, 5) is 14.8. The minimum Gasteiger partial charge on any atom is -0.368 e. The summed E-state index contributed by atoms with van der Waals surface area (Å²) in [5.74, 6) is 2.65. The van der Waals surface area contributed by atoms with Gasteiger partial charge in [-0.05, 0) is 25.6 Å². The number of likely N-dealkylation sites (N-methyl/N-ethyl adjacent to an activating group) is 1. The molecule has 3 rings (SSSR count). The molecular formula is C12H19N5S. The SMILES string of the molecule is CN1CCN(c2nc(N)nc3c2SCCC3)CC1. The standard InChI is InChI=1S/C12H19N5S/c1-16-4-6-17(7-5-16)11-10-9(3-2-8-18-10)14-12(13)15-11/h2-8H2,1H3,(H2,13,14,15). The summed E-state index contributed by atoms with van der Waals surface area (Å²) in [6.45, 7) is 4.23. The van der Waals surface area contributed by atoms with Crippen LogP contribution in [0.3, 0.4) is 0 Å². The molecule has 0 aliphatic carbocycles. The molecule has 6 heteroatoms. The first-order valence-corrected chi connectivity index (χ1v) is 7.45. The van der Waals surface area contributed by atoms with Gasteiger partial charge in [0.2, 0.25) is 5.95 Å². The van der Waals surface area contributed by atoms with Gasteiger partial charge < -0.3 is 15.5 Å². The minimum atomic E-state index is 0.421. The van der Waals surface area contributed by atoms with Gasteiger partial charge in [-0.1, -0.05) is 0 Å². The predicted octanol–water partition coefficient (Wildman–Crippen LogP) is 0.849. The quantitative estimate of drug-likeness (QED) is 0.812. The predicted molar refractivity (Wildman–Crippen MR) is 75.2 cm³/mol. The van der Waals surface area contributed by atoms with Crippen LogP contribution in [0.1, 0.15) is 12.1 Å². The minimum absolute atomic E-state index is 0.421. The Bertz CT molecular complexity index is 442. The lowest BCUT2D eigenvalue weighted by Gasteiger charge is -2.35. The van der Waals surface area contributed by atoms with E-state index in [0.717, 1.165) is 44.1 Å². The van der Waals surface area contributed by atoms with Crippen LogP contribution < -0.4 is 10.6 Å². The molecule has 98 valence electrons. The molecule has 1 saturated heterocycles. The zero-order valence-electron chi connectivity index (χ0n) is 10.7. The highest BCUT2D eigenvalue weighted by molar-refractivity contribution is 7.99. The summed E-state index contributed by atoms with van der Waals surface area (Å²) >= 11 is 1.88. The van der Waals surface area contributed by atoms with Crippen LogP contribution in [-0.4, -0.2) is 53.8 Å². The molecule has 0 unspecified atom stereocenters. The van der Waals surface area contributed by atoms with Crippen LogP contribution >= 0.6 is 11.8 Å². The van der Waals surface area contributed by atoms with Crippen molar-refractivity contribution in [1.29, 1.82) is 0 Å². The van der Waals surface area contributed by atoms with Gasteiger partial charge in [-0.2, -0.15) is 4.98 Å². The number of hydrogen-bond donors (Lipinski definition) is 1. The number of anilines is 2. The van der Waals surface area contributed by atoms with Crippen LogP contribution in [0.5, 0.6) is 0 Å². The van der Waals surface area contributed by atoms with Gasteiger partial charge in [0.1, 0.15) is 5.82 Å². The van der Waals surface area contributed by atoms with Gasteiger partial charge in [-0.25, -0.2) is 4.98 Å². The second-order valence-corrected chi connectivity index (χ2v) is 6.03. The van der Waals surface area contributed by atoms with Crippen molar-refractivity contribution in [3.05, 3.63) is 5.69 Å². The normalized spacial score (nSPS) is 20.8. The summed E-state index contributed by atoms with van der Waals surface area (Å²) in [5.41, 5.74) is 6.99. The molecule has 0 atom stereocenters. The fourth-order valence-corrected chi connectivity index (χ4v) is 3.58. The Balaban J connectivity index is 1.93. The van der Waals surface area contributed by atoms with Crippen LogP contribution in [-0.2, 0) is 6.42 Å². The van der Waals surface area contributed by atoms with E-state index in [4.69, 9.17) is 5.73 Å². The number of nitrogen functional groups attached to an aromatic ring is 1. The molecule has 3 heterocycles. The molecule has 0 amide bonds. The summed E-state index contributed by atoms with van der Waals surface area (Å²) in [7, 11) is 2.16. The smallest absolute Gasteiger partial charge is 0.222 e. The number of fused-ring (bicyclic) bond motifs is 1. The van der Waals surface area contributed by atoms with Crippen molar-refractivity contribution < 1.29 is 0 Å². The number of aryl methyl sites for hydroxylation is 1. The Labute approximate surface area is 112 Å². The maximum Gasteiger partial charge on any atom is 0.222 e. The molecule has 2 aliphatic heterocycles. The summed E-state index contributed by atoms with van der Waals surface area (Å²) in [6.07, 6.45) is 2.23. The summed E-state index contributed by atoms with van der Waals surface area (Å²) in [5, 5.41) is 0. The average molecular weight is 265 g/mol. The molecule has 0 aromatic carbocycles. The van der Waals surface area contributed by atoms with Crippen LogP contribution in [0, 0.1) is 0 Å².